The number of aromatic nitrogens is 1. The van der Waals surface area contributed by atoms with Crippen molar-refractivity contribution in [1.29, 1.82) is 0 Å². The Morgan fingerprint density at radius 2 is 1.64 bits per heavy atom. The lowest BCUT2D eigenvalue weighted by Gasteiger charge is -2.42. The number of hydrogen-bond donors (Lipinski definition) is 0. The van der Waals surface area contributed by atoms with E-state index in [9.17, 15) is 4.79 Å². The Morgan fingerprint density at radius 3 is 2.11 bits per heavy atom. The molecule has 0 atom stereocenters. The zero-order valence-electron chi connectivity index (χ0n) is 18.4. The van der Waals surface area contributed by atoms with Crippen LogP contribution in [0.25, 0.3) is 0 Å². The molecular formula is C21H34BN3O3. The van der Waals surface area contributed by atoms with E-state index in [2.05, 4.69) is 30.7 Å². The molecule has 3 heterocycles. The average Bonchev–Trinajstić information content (AvgIpc) is 2.82. The Bertz CT molecular complexity index is 689. The summed E-state index contributed by atoms with van der Waals surface area (Å²) in [6, 6.07) is 3.86. The maximum atomic E-state index is 12.7. The number of nitrogens with zero attached hydrogens (tertiary/aromatic N) is 3. The van der Waals surface area contributed by atoms with Crippen LogP contribution in [0.3, 0.4) is 0 Å². The third-order valence-corrected chi connectivity index (χ3v) is 6.29. The summed E-state index contributed by atoms with van der Waals surface area (Å²) in [6.07, 6.45) is 2.10. The molecule has 1 amide bonds. The van der Waals surface area contributed by atoms with Gasteiger partial charge in [-0.1, -0.05) is 6.07 Å². The first-order valence-corrected chi connectivity index (χ1v) is 10.2. The Hall–Kier alpha value is -1.44. The predicted octanol–water partition coefficient (Wildman–Crippen LogP) is 1.87. The van der Waals surface area contributed by atoms with Gasteiger partial charge in [0.15, 0.2) is 0 Å². The van der Waals surface area contributed by atoms with Crippen molar-refractivity contribution >= 4 is 18.5 Å². The van der Waals surface area contributed by atoms with Crippen LogP contribution in [0.1, 0.15) is 54.2 Å². The maximum Gasteiger partial charge on any atom is 0.496 e. The first kappa shape index (κ1) is 21.3. The second-order valence-electron chi connectivity index (χ2n) is 9.89. The number of hydrogen-bond acceptors (Lipinski definition) is 5. The van der Waals surface area contributed by atoms with Gasteiger partial charge in [-0.25, -0.2) is 0 Å². The van der Waals surface area contributed by atoms with Gasteiger partial charge in [0.25, 0.3) is 0 Å². The largest absolute Gasteiger partial charge is 0.496 e. The molecule has 1 aromatic heterocycles. The third-order valence-electron chi connectivity index (χ3n) is 6.29. The van der Waals surface area contributed by atoms with Crippen molar-refractivity contribution < 1.29 is 14.1 Å². The highest BCUT2D eigenvalue weighted by Crippen LogP contribution is 2.36. The highest BCUT2D eigenvalue weighted by molar-refractivity contribution is 6.62. The van der Waals surface area contributed by atoms with Gasteiger partial charge in [0.2, 0.25) is 5.91 Å². The average molecular weight is 387 g/mol. The van der Waals surface area contributed by atoms with E-state index in [1.54, 1.807) is 6.20 Å². The summed E-state index contributed by atoms with van der Waals surface area (Å²) in [4.78, 5) is 21.5. The second-order valence-corrected chi connectivity index (χ2v) is 9.89. The fraction of sp³-hybridized carbons (Fsp3) is 0.714. The number of rotatable bonds is 3. The summed E-state index contributed by atoms with van der Waals surface area (Å²) in [6.45, 7) is 18.2. The van der Waals surface area contributed by atoms with Crippen molar-refractivity contribution in [2.45, 2.75) is 71.6 Å². The molecule has 2 aliphatic rings. The predicted molar refractivity (Wildman–Crippen MR) is 112 cm³/mol. The lowest BCUT2D eigenvalue weighted by atomic mass is 9.80. The lowest BCUT2D eigenvalue weighted by molar-refractivity contribution is -0.133. The van der Waals surface area contributed by atoms with Gasteiger partial charge in [0.1, 0.15) is 0 Å². The Morgan fingerprint density at radius 1 is 1.07 bits per heavy atom. The fourth-order valence-electron chi connectivity index (χ4n) is 3.55. The smallest absolute Gasteiger partial charge is 0.399 e. The summed E-state index contributed by atoms with van der Waals surface area (Å²) in [5.74, 6) is 0.143. The number of piperazine rings is 1. The minimum Gasteiger partial charge on any atom is -0.399 e. The Balaban J connectivity index is 1.56. The number of carbonyl (C=O) groups excluding carboxylic acids is 1. The summed E-state index contributed by atoms with van der Waals surface area (Å²) in [5.41, 5.74) is 1.07. The Labute approximate surface area is 169 Å². The maximum absolute atomic E-state index is 12.7. The van der Waals surface area contributed by atoms with E-state index < -0.39 is 7.12 Å². The number of carbonyl (C=O) groups is 1. The molecule has 6 nitrogen and oxygen atoms in total. The molecule has 7 heteroatoms. The lowest BCUT2D eigenvalue weighted by Crippen LogP contribution is -2.54. The summed E-state index contributed by atoms with van der Waals surface area (Å²) in [5, 5.41) is 0. The van der Waals surface area contributed by atoms with E-state index in [0.717, 1.165) is 37.3 Å². The monoisotopic (exact) mass is 387 g/mol. The first-order valence-electron chi connectivity index (χ1n) is 10.2. The van der Waals surface area contributed by atoms with Crippen LogP contribution >= 0.6 is 0 Å². The van der Waals surface area contributed by atoms with Crippen molar-refractivity contribution in [3.05, 3.63) is 24.0 Å². The molecule has 3 rings (SSSR count). The van der Waals surface area contributed by atoms with E-state index in [1.165, 1.54) is 0 Å². The van der Waals surface area contributed by atoms with Crippen molar-refractivity contribution in [2.24, 2.45) is 0 Å². The minimum absolute atomic E-state index is 0.143. The molecule has 2 fully saturated rings. The van der Waals surface area contributed by atoms with E-state index in [-0.39, 0.29) is 22.6 Å². The first-order chi connectivity index (χ1) is 12.9. The highest BCUT2D eigenvalue weighted by atomic mass is 16.7. The molecule has 2 saturated heterocycles. The molecule has 0 bridgehead atoms. The van der Waals surface area contributed by atoms with Crippen LogP contribution in [-0.4, -0.2) is 70.7 Å². The highest BCUT2D eigenvalue weighted by Gasteiger charge is 2.51. The van der Waals surface area contributed by atoms with Crippen molar-refractivity contribution in [1.82, 2.24) is 14.8 Å². The van der Waals surface area contributed by atoms with Gasteiger partial charge in [0, 0.05) is 49.1 Å². The SMILES string of the molecule is CC(C)(C)N1CCN(C(=O)Cc2ccc(B3OC(C)(C)C(C)(C)O3)cn2)CC1. The number of pyridine rings is 1. The molecule has 0 saturated carbocycles. The van der Waals surface area contributed by atoms with Gasteiger partial charge >= 0.3 is 7.12 Å². The van der Waals surface area contributed by atoms with Gasteiger partial charge in [-0.3, -0.25) is 14.7 Å². The van der Waals surface area contributed by atoms with Crippen LogP contribution in [0.5, 0.6) is 0 Å². The van der Waals surface area contributed by atoms with Gasteiger partial charge < -0.3 is 14.2 Å². The molecular weight excluding hydrogens is 353 g/mol. The van der Waals surface area contributed by atoms with E-state index in [4.69, 9.17) is 9.31 Å². The van der Waals surface area contributed by atoms with Gasteiger partial charge in [-0.05, 0) is 54.5 Å². The molecule has 0 aromatic carbocycles. The van der Waals surface area contributed by atoms with Crippen LogP contribution < -0.4 is 5.46 Å². The topological polar surface area (TPSA) is 54.9 Å². The summed E-state index contributed by atoms with van der Waals surface area (Å²) >= 11 is 0. The van der Waals surface area contributed by atoms with E-state index in [0.29, 0.717) is 6.42 Å². The van der Waals surface area contributed by atoms with Crippen LogP contribution in [0.2, 0.25) is 0 Å². The molecule has 28 heavy (non-hydrogen) atoms. The minimum atomic E-state index is -0.423. The zero-order chi connectivity index (χ0) is 20.7. The third kappa shape index (κ3) is 4.42. The second kappa shape index (κ2) is 7.43. The molecule has 2 aliphatic heterocycles. The van der Waals surface area contributed by atoms with E-state index in [1.807, 2.05) is 44.7 Å². The normalized spacial score (nSPS) is 22.5. The van der Waals surface area contributed by atoms with Crippen LogP contribution in [0.15, 0.2) is 18.3 Å². The quantitative estimate of drug-likeness (QED) is 0.742. The van der Waals surface area contributed by atoms with E-state index >= 15 is 0 Å². The van der Waals surface area contributed by atoms with Crippen molar-refractivity contribution in [3.8, 4) is 0 Å². The van der Waals surface area contributed by atoms with Crippen LogP contribution in [-0.2, 0) is 20.5 Å². The van der Waals surface area contributed by atoms with Crippen LogP contribution in [0.4, 0.5) is 0 Å². The zero-order valence-corrected chi connectivity index (χ0v) is 18.4. The molecule has 0 N–H and O–H groups in total. The van der Waals surface area contributed by atoms with Gasteiger partial charge in [-0.2, -0.15) is 0 Å². The van der Waals surface area contributed by atoms with Crippen molar-refractivity contribution in [2.75, 3.05) is 26.2 Å². The molecule has 0 aliphatic carbocycles. The molecule has 0 unspecified atom stereocenters. The van der Waals surface area contributed by atoms with Gasteiger partial charge in [-0.15, -0.1) is 0 Å². The molecule has 0 radical (unpaired) electrons. The summed E-state index contributed by atoms with van der Waals surface area (Å²) in [7, 11) is -0.423. The fourth-order valence-corrected chi connectivity index (χ4v) is 3.55. The van der Waals surface area contributed by atoms with Crippen LogP contribution in [0, 0.1) is 0 Å². The number of amides is 1. The molecule has 1 aromatic rings. The van der Waals surface area contributed by atoms with Gasteiger partial charge in [0.05, 0.1) is 17.6 Å². The molecule has 0 spiro atoms. The Kier molecular flexibility index (Phi) is 5.65. The van der Waals surface area contributed by atoms with Crippen molar-refractivity contribution in [3.63, 3.8) is 0 Å². The standard InChI is InChI=1S/C21H34BN3O3/c1-19(2,3)25-12-10-24(11-13-25)18(26)14-17-9-8-16(15-23-17)22-27-20(4,5)21(6,7)28-22/h8-9,15H,10-14H2,1-7H3. The summed E-state index contributed by atoms with van der Waals surface area (Å²) < 4.78 is 12.1. The molecule has 154 valence electrons.